The van der Waals surface area contributed by atoms with Crippen molar-refractivity contribution in [2.75, 3.05) is 6.54 Å². The number of nitrogens with zero attached hydrogens (tertiary/aromatic N) is 1. The summed E-state index contributed by atoms with van der Waals surface area (Å²) in [7, 11) is -2.10. The lowest BCUT2D eigenvalue weighted by atomic mass is 10.4. The van der Waals surface area contributed by atoms with Crippen molar-refractivity contribution in [3.8, 4) is 0 Å². The molecule has 0 spiro atoms. The first-order valence-electron chi connectivity index (χ1n) is 4.28. The molecule has 2 N–H and O–H groups in total. The van der Waals surface area contributed by atoms with E-state index >= 15 is 0 Å². The highest BCUT2D eigenvalue weighted by atomic mass is 32.2. The lowest BCUT2D eigenvalue weighted by Gasteiger charge is -1.99. The summed E-state index contributed by atoms with van der Waals surface area (Å²) in [4.78, 5) is 10.6. The molecule has 0 saturated carbocycles. The molecule has 0 aliphatic carbocycles. The van der Waals surface area contributed by atoms with E-state index in [0.717, 1.165) is 6.07 Å². The van der Waals surface area contributed by atoms with Crippen molar-refractivity contribution in [2.24, 2.45) is 7.05 Å². The fraction of sp³-hybridized carbons (Fsp3) is 0.375. The number of aromatic nitrogens is 1. The zero-order valence-corrected chi connectivity index (χ0v) is 9.21. The van der Waals surface area contributed by atoms with Crippen LogP contribution >= 0.6 is 0 Å². The molecule has 1 heterocycles. The number of hydrogen-bond donors (Lipinski definition) is 2. The van der Waals surface area contributed by atoms with Crippen LogP contribution in [0.15, 0.2) is 17.2 Å². The second kappa shape index (κ2) is 4.03. The number of sulfonamides is 1. The van der Waals surface area contributed by atoms with E-state index in [-0.39, 0.29) is 17.1 Å². The van der Waals surface area contributed by atoms with Gasteiger partial charge in [0.25, 0.3) is 0 Å². The Morgan fingerprint density at radius 1 is 1.60 bits per heavy atom. The van der Waals surface area contributed by atoms with Gasteiger partial charge < -0.3 is 9.67 Å². The fourth-order valence-electron chi connectivity index (χ4n) is 1.17. The number of nitrogens with one attached hydrogen (secondary N) is 1. The van der Waals surface area contributed by atoms with Crippen LogP contribution in [0.1, 0.15) is 17.4 Å². The van der Waals surface area contributed by atoms with E-state index in [1.54, 1.807) is 6.92 Å². The molecule has 0 amide bonds. The van der Waals surface area contributed by atoms with Gasteiger partial charge in [0, 0.05) is 19.8 Å². The standard InChI is InChI=1S/C8H12N2O4S/c1-3-9-15(13,14)6-4-7(8(11)12)10(2)5-6/h4-5,9H,3H2,1-2H3,(H,11,12). The number of aromatic carboxylic acids is 1. The lowest BCUT2D eigenvalue weighted by molar-refractivity contribution is 0.0686. The van der Waals surface area contributed by atoms with Crippen molar-refractivity contribution in [1.29, 1.82) is 0 Å². The third-order valence-electron chi connectivity index (χ3n) is 1.84. The van der Waals surface area contributed by atoms with Crippen LogP contribution in [0.25, 0.3) is 0 Å². The summed E-state index contributed by atoms with van der Waals surface area (Å²) < 4.78 is 26.5. The summed E-state index contributed by atoms with van der Waals surface area (Å²) in [5, 5.41) is 8.74. The average Bonchev–Trinajstić information content (AvgIpc) is 2.47. The zero-order chi connectivity index (χ0) is 11.6. The lowest BCUT2D eigenvalue weighted by Crippen LogP contribution is -2.22. The number of aryl methyl sites for hydroxylation is 1. The number of carbonyl (C=O) groups is 1. The van der Waals surface area contributed by atoms with Gasteiger partial charge in [-0.15, -0.1) is 0 Å². The molecule has 1 aromatic rings. The van der Waals surface area contributed by atoms with Crippen LogP contribution in [-0.2, 0) is 17.1 Å². The Morgan fingerprint density at radius 3 is 2.60 bits per heavy atom. The molecule has 0 aliphatic rings. The minimum Gasteiger partial charge on any atom is -0.477 e. The molecule has 0 aliphatic heterocycles. The Balaban J connectivity index is 3.19. The van der Waals surface area contributed by atoms with Crippen LogP contribution in [0.5, 0.6) is 0 Å². The van der Waals surface area contributed by atoms with Crippen molar-refractivity contribution in [3.05, 3.63) is 18.0 Å². The second-order valence-corrected chi connectivity index (χ2v) is 4.75. The smallest absolute Gasteiger partial charge is 0.352 e. The zero-order valence-electron chi connectivity index (χ0n) is 8.39. The van der Waals surface area contributed by atoms with Crippen molar-refractivity contribution < 1.29 is 18.3 Å². The average molecular weight is 232 g/mol. The molecule has 7 heteroatoms. The molecule has 84 valence electrons. The van der Waals surface area contributed by atoms with Crippen LogP contribution < -0.4 is 4.72 Å². The molecule has 0 saturated heterocycles. The summed E-state index contributed by atoms with van der Waals surface area (Å²) in [5.74, 6) is -1.16. The monoisotopic (exact) mass is 232 g/mol. The Bertz CT molecular complexity index is 475. The summed E-state index contributed by atoms with van der Waals surface area (Å²) in [6.45, 7) is 1.91. The van der Waals surface area contributed by atoms with E-state index in [0.29, 0.717) is 0 Å². The van der Waals surface area contributed by atoms with Crippen LogP contribution in [0, 0.1) is 0 Å². The van der Waals surface area contributed by atoms with Crippen molar-refractivity contribution >= 4 is 16.0 Å². The third kappa shape index (κ3) is 2.37. The van der Waals surface area contributed by atoms with Gasteiger partial charge in [-0.1, -0.05) is 6.92 Å². The van der Waals surface area contributed by atoms with E-state index < -0.39 is 16.0 Å². The molecule has 6 nitrogen and oxygen atoms in total. The predicted molar refractivity (Wildman–Crippen MR) is 53.2 cm³/mol. The van der Waals surface area contributed by atoms with Gasteiger partial charge in [-0.2, -0.15) is 0 Å². The molecule has 1 rings (SSSR count). The Kier molecular flexibility index (Phi) is 3.15. The molecule has 0 aromatic carbocycles. The van der Waals surface area contributed by atoms with Crippen molar-refractivity contribution in [2.45, 2.75) is 11.8 Å². The van der Waals surface area contributed by atoms with Crippen LogP contribution in [0.4, 0.5) is 0 Å². The summed E-state index contributed by atoms with van der Waals surface area (Å²) in [6.07, 6.45) is 1.27. The maximum absolute atomic E-state index is 11.5. The van der Waals surface area contributed by atoms with Gasteiger partial charge in [0.2, 0.25) is 10.0 Å². The predicted octanol–water partition coefficient (Wildman–Crippen LogP) is 0.0215. The highest BCUT2D eigenvalue weighted by molar-refractivity contribution is 7.89. The molecule has 0 bridgehead atoms. The Labute approximate surface area is 87.6 Å². The second-order valence-electron chi connectivity index (χ2n) is 2.98. The van der Waals surface area contributed by atoms with Gasteiger partial charge in [-0.25, -0.2) is 17.9 Å². The summed E-state index contributed by atoms with van der Waals surface area (Å²) >= 11 is 0. The first-order valence-corrected chi connectivity index (χ1v) is 5.76. The van der Waals surface area contributed by atoms with E-state index in [1.807, 2.05) is 0 Å². The van der Waals surface area contributed by atoms with E-state index in [2.05, 4.69) is 4.72 Å². The maximum Gasteiger partial charge on any atom is 0.352 e. The Hall–Kier alpha value is -1.34. The SMILES string of the molecule is CCNS(=O)(=O)c1cc(C(=O)O)n(C)c1. The molecule has 0 radical (unpaired) electrons. The topological polar surface area (TPSA) is 88.4 Å². The highest BCUT2D eigenvalue weighted by Gasteiger charge is 2.18. The molecule has 0 fully saturated rings. The molecule has 15 heavy (non-hydrogen) atoms. The third-order valence-corrected chi connectivity index (χ3v) is 3.36. The summed E-state index contributed by atoms with van der Waals surface area (Å²) in [6, 6.07) is 1.13. The molecule has 0 atom stereocenters. The molecular formula is C8H12N2O4S. The van der Waals surface area contributed by atoms with Gasteiger partial charge >= 0.3 is 5.97 Å². The molecular weight excluding hydrogens is 220 g/mol. The minimum atomic E-state index is -3.58. The first-order chi connectivity index (χ1) is 6.88. The van der Waals surface area contributed by atoms with Crippen LogP contribution in [0.3, 0.4) is 0 Å². The largest absolute Gasteiger partial charge is 0.477 e. The van der Waals surface area contributed by atoms with E-state index in [9.17, 15) is 13.2 Å². The van der Waals surface area contributed by atoms with E-state index in [4.69, 9.17) is 5.11 Å². The number of carboxylic acid groups (broad SMARTS) is 1. The van der Waals surface area contributed by atoms with Crippen molar-refractivity contribution in [3.63, 3.8) is 0 Å². The Morgan fingerprint density at radius 2 is 2.20 bits per heavy atom. The quantitative estimate of drug-likeness (QED) is 0.766. The van der Waals surface area contributed by atoms with Gasteiger partial charge in [0.1, 0.15) is 10.6 Å². The fourth-order valence-corrected chi connectivity index (χ4v) is 2.28. The normalized spacial score (nSPS) is 11.6. The molecule has 1 aromatic heterocycles. The number of carboxylic acids is 1. The van der Waals surface area contributed by atoms with Gasteiger partial charge in [-0.3, -0.25) is 0 Å². The van der Waals surface area contributed by atoms with Crippen LogP contribution in [-0.4, -0.2) is 30.6 Å². The number of hydrogen-bond acceptors (Lipinski definition) is 3. The molecule has 0 unspecified atom stereocenters. The van der Waals surface area contributed by atoms with Gasteiger partial charge in [0.05, 0.1) is 0 Å². The highest BCUT2D eigenvalue weighted by Crippen LogP contribution is 2.12. The van der Waals surface area contributed by atoms with Gasteiger partial charge in [-0.05, 0) is 6.07 Å². The van der Waals surface area contributed by atoms with Crippen molar-refractivity contribution in [1.82, 2.24) is 9.29 Å². The number of rotatable bonds is 4. The maximum atomic E-state index is 11.5. The van der Waals surface area contributed by atoms with Gasteiger partial charge in [0.15, 0.2) is 0 Å². The van der Waals surface area contributed by atoms with Crippen LogP contribution in [0.2, 0.25) is 0 Å². The van der Waals surface area contributed by atoms with E-state index in [1.165, 1.54) is 17.8 Å². The minimum absolute atomic E-state index is 0.0377. The first kappa shape index (κ1) is 11.7. The summed E-state index contributed by atoms with van der Waals surface area (Å²) in [5.41, 5.74) is -0.0634.